The monoisotopic (exact) mass is 253 g/mol. The molecule has 0 aliphatic carbocycles. The molecule has 1 aromatic heterocycles. The van der Waals surface area contributed by atoms with Gasteiger partial charge < -0.3 is 15.5 Å². The first kappa shape index (κ1) is 14.7. The zero-order chi connectivity index (χ0) is 13.6. The minimum Gasteiger partial charge on any atom is -0.382 e. The molecule has 0 unspecified atom stereocenters. The van der Waals surface area contributed by atoms with Gasteiger partial charge in [0.15, 0.2) is 0 Å². The number of nitrogens with two attached hydrogens (primary N) is 1. The quantitative estimate of drug-likeness (QED) is 0.505. The zero-order valence-electron chi connectivity index (χ0n) is 11.6. The highest BCUT2D eigenvalue weighted by Gasteiger charge is 2.20. The first-order chi connectivity index (χ1) is 8.54. The van der Waals surface area contributed by atoms with Gasteiger partial charge in [0.2, 0.25) is 0 Å². The molecule has 18 heavy (non-hydrogen) atoms. The number of nitrogens with one attached hydrogen (secondary N) is 2. The van der Waals surface area contributed by atoms with Crippen LogP contribution in [0.3, 0.4) is 0 Å². The largest absolute Gasteiger partial charge is 0.382 e. The van der Waals surface area contributed by atoms with Gasteiger partial charge in [0.25, 0.3) is 0 Å². The molecule has 0 aromatic carbocycles. The minimum atomic E-state index is -0.197. The molecule has 0 saturated heterocycles. The predicted molar refractivity (Wildman–Crippen MR) is 73.4 cm³/mol. The Labute approximate surface area is 108 Å². The van der Waals surface area contributed by atoms with Crippen LogP contribution >= 0.6 is 0 Å². The Kier molecular flexibility index (Phi) is 5.30. The molecule has 0 amide bonds. The first-order valence-electron chi connectivity index (χ1n) is 6.11. The van der Waals surface area contributed by atoms with Gasteiger partial charge in [-0.1, -0.05) is 13.3 Å². The third kappa shape index (κ3) is 3.82. The molecule has 0 atom stereocenters. The van der Waals surface area contributed by atoms with Crippen LogP contribution in [0.25, 0.3) is 0 Å². The molecule has 0 fully saturated rings. The number of nitrogen functional groups attached to an aromatic ring is 1. The van der Waals surface area contributed by atoms with Gasteiger partial charge in [0, 0.05) is 12.7 Å². The predicted octanol–water partition coefficient (Wildman–Crippen LogP) is 1.55. The average Bonchev–Trinajstić information content (AvgIpc) is 2.31. The van der Waals surface area contributed by atoms with E-state index in [9.17, 15) is 0 Å². The van der Waals surface area contributed by atoms with Crippen molar-refractivity contribution in [1.29, 1.82) is 0 Å². The van der Waals surface area contributed by atoms with Gasteiger partial charge in [-0.05, 0) is 20.3 Å². The smallest absolute Gasteiger partial charge is 0.148 e. The number of methoxy groups -OCH3 is 1. The standard InChI is InChI=1S/C12H23N5O/c1-5-6-9-10(14-8-15-11(9)17-13)16-12(2,3)7-18-4/h8H,5-7,13H2,1-4H3,(H2,14,15,16,17). The van der Waals surface area contributed by atoms with Gasteiger partial charge in [-0.25, -0.2) is 15.8 Å². The molecule has 6 heteroatoms. The van der Waals surface area contributed by atoms with E-state index in [1.54, 1.807) is 7.11 Å². The number of rotatable bonds is 7. The maximum absolute atomic E-state index is 5.48. The summed E-state index contributed by atoms with van der Waals surface area (Å²) in [6, 6.07) is 0. The van der Waals surface area contributed by atoms with E-state index in [2.05, 4.69) is 41.5 Å². The molecule has 0 saturated carbocycles. The van der Waals surface area contributed by atoms with E-state index < -0.39 is 0 Å². The van der Waals surface area contributed by atoms with Crippen molar-refractivity contribution in [1.82, 2.24) is 9.97 Å². The fourth-order valence-electron chi connectivity index (χ4n) is 1.85. The summed E-state index contributed by atoms with van der Waals surface area (Å²) < 4.78 is 5.19. The molecule has 1 rings (SSSR count). The van der Waals surface area contributed by atoms with Crippen LogP contribution in [0.1, 0.15) is 32.8 Å². The minimum absolute atomic E-state index is 0.197. The fraction of sp³-hybridized carbons (Fsp3) is 0.667. The Balaban J connectivity index is 3.00. The third-order valence-corrected chi connectivity index (χ3v) is 2.54. The molecule has 0 aliphatic heterocycles. The van der Waals surface area contributed by atoms with Gasteiger partial charge in [0.05, 0.1) is 12.1 Å². The van der Waals surface area contributed by atoms with E-state index in [-0.39, 0.29) is 5.54 Å². The van der Waals surface area contributed by atoms with Crippen molar-refractivity contribution in [3.63, 3.8) is 0 Å². The highest BCUT2D eigenvalue weighted by Crippen LogP contribution is 2.23. The molecule has 0 spiro atoms. The van der Waals surface area contributed by atoms with E-state index in [1.165, 1.54) is 6.33 Å². The van der Waals surface area contributed by atoms with Gasteiger partial charge in [0.1, 0.15) is 18.0 Å². The summed E-state index contributed by atoms with van der Waals surface area (Å²) in [5.41, 5.74) is 3.43. The Bertz CT molecular complexity index is 381. The summed E-state index contributed by atoms with van der Waals surface area (Å²) in [5, 5.41) is 3.38. The fourth-order valence-corrected chi connectivity index (χ4v) is 1.85. The second-order valence-corrected chi connectivity index (χ2v) is 4.89. The summed E-state index contributed by atoms with van der Waals surface area (Å²) in [4.78, 5) is 8.43. The Hall–Kier alpha value is -1.40. The second-order valence-electron chi connectivity index (χ2n) is 4.89. The van der Waals surface area contributed by atoms with E-state index in [0.717, 1.165) is 24.2 Å². The maximum Gasteiger partial charge on any atom is 0.148 e. The summed E-state index contributed by atoms with van der Waals surface area (Å²) in [6.07, 6.45) is 3.37. The number of ether oxygens (including phenoxy) is 1. The molecular formula is C12H23N5O. The average molecular weight is 253 g/mol. The molecular weight excluding hydrogens is 230 g/mol. The van der Waals surface area contributed by atoms with E-state index >= 15 is 0 Å². The van der Waals surface area contributed by atoms with Crippen LogP contribution in [-0.2, 0) is 11.2 Å². The molecule has 4 N–H and O–H groups in total. The number of nitrogens with zero attached hydrogens (tertiary/aromatic N) is 2. The van der Waals surface area contributed by atoms with Crippen molar-refractivity contribution < 1.29 is 4.74 Å². The van der Waals surface area contributed by atoms with Crippen LogP contribution in [0.4, 0.5) is 11.6 Å². The van der Waals surface area contributed by atoms with Crippen molar-refractivity contribution in [3.05, 3.63) is 11.9 Å². The lowest BCUT2D eigenvalue weighted by molar-refractivity contribution is 0.158. The summed E-state index contributed by atoms with van der Waals surface area (Å²) in [5.74, 6) is 6.96. The molecule has 0 aliphatic rings. The van der Waals surface area contributed by atoms with Crippen molar-refractivity contribution >= 4 is 11.6 Å². The topological polar surface area (TPSA) is 85.1 Å². The second kappa shape index (κ2) is 6.51. The van der Waals surface area contributed by atoms with Crippen LogP contribution in [0.2, 0.25) is 0 Å². The van der Waals surface area contributed by atoms with Crippen molar-refractivity contribution in [2.75, 3.05) is 24.5 Å². The number of hydrogen-bond donors (Lipinski definition) is 3. The SMILES string of the molecule is CCCc1c(NN)ncnc1NC(C)(C)COC. The van der Waals surface area contributed by atoms with Crippen molar-refractivity contribution in [2.45, 2.75) is 39.2 Å². The van der Waals surface area contributed by atoms with E-state index in [1.807, 2.05) is 0 Å². The highest BCUT2D eigenvalue weighted by atomic mass is 16.5. The maximum atomic E-state index is 5.48. The number of hydrogen-bond acceptors (Lipinski definition) is 6. The molecule has 102 valence electrons. The first-order valence-corrected chi connectivity index (χ1v) is 6.11. The lowest BCUT2D eigenvalue weighted by Gasteiger charge is -2.27. The van der Waals surface area contributed by atoms with Crippen molar-refractivity contribution in [2.24, 2.45) is 5.84 Å². The van der Waals surface area contributed by atoms with E-state index in [4.69, 9.17) is 10.6 Å². The van der Waals surface area contributed by atoms with Crippen LogP contribution < -0.4 is 16.6 Å². The van der Waals surface area contributed by atoms with Gasteiger partial charge in [-0.2, -0.15) is 0 Å². The van der Waals surface area contributed by atoms with Gasteiger partial charge >= 0.3 is 0 Å². The van der Waals surface area contributed by atoms with Gasteiger partial charge in [-0.15, -0.1) is 0 Å². The Morgan fingerprint density at radius 3 is 2.56 bits per heavy atom. The number of anilines is 2. The lowest BCUT2D eigenvalue weighted by Crippen LogP contribution is -2.36. The highest BCUT2D eigenvalue weighted by molar-refractivity contribution is 5.57. The third-order valence-electron chi connectivity index (χ3n) is 2.54. The molecule has 1 heterocycles. The zero-order valence-corrected chi connectivity index (χ0v) is 11.6. The summed E-state index contributed by atoms with van der Waals surface area (Å²) in [7, 11) is 1.68. The van der Waals surface area contributed by atoms with E-state index in [0.29, 0.717) is 12.4 Å². The van der Waals surface area contributed by atoms with Crippen LogP contribution in [0.15, 0.2) is 6.33 Å². The molecule has 6 nitrogen and oxygen atoms in total. The van der Waals surface area contributed by atoms with Crippen molar-refractivity contribution in [3.8, 4) is 0 Å². The molecule has 1 aromatic rings. The summed E-state index contributed by atoms with van der Waals surface area (Å²) in [6.45, 7) is 6.82. The lowest BCUT2D eigenvalue weighted by atomic mass is 10.1. The van der Waals surface area contributed by atoms with Gasteiger partial charge in [-0.3, -0.25) is 0 Å². The van der Waals surface area contributed by atoms with Crippen LogP contribution in [-0.4, -0.2) is 29.2 Å². The molecule has 0 radical (unpaired) electrons. The number of aromatic nitrogens is 2. The normalized spacial score (nSPS) is 11.4. The van der Waals surface area contributed by atoms with Crippen LogP contribution in [0.5, 0.6) is 0 Å². The number of hydrazine groups is 1. The Morgan fingerprint density at radius 2 is 2.00 bits per heavy atom. The Morgan fingerprint density at radius 1 is 1.33 bits per heavy atom. The van der Waals surface area contributed by atoms with Crippen LogP contribution in [0, 0.1) is 0 Å². The summed E-state index contributed by atoms with van der Waals surface area (Å²) >= 11 is 0. The molecule has 0 bridgehead atoms.